The highest BCUT2D eigenvalue weighted by atomic mass is 79.9. The first-order valence-electron chi connectivity index (χ1n) is 9.82. The van der Waals surface area contributed by atoms with Gasteiger partial charge in [0, 0.05) is 4.47 Å². The van der Waals surface area contributed by atoms with Crippen molar-refractivity contribution in [3.05, 3.63) is 105 Å². The first-order valence-corrected chi connectivity index (χ1v) is 10.6. The Labute approximate surface area is 188 Å². The van der Waals surface area contributed by atoms with Crippen LogP contribution in [0.2, 0.25) is 0 Å². The first kappa shape index (κ1) is 21.1. The number of hydrogen-bond acceptors (Lipinski definition) is 2. The summed E-state index contributed by atoms with van der Waals surface area (Å²) in [5.74, 6) is -0.512. The number of carbonyl (C=O) groups is 1. The van der Waals surface area contributed by atoms with Crippen LogP contribution in [0.25, 0.3) is 17.2 Å². The van der Waals surface area contributed by atoms with Gasteiger partial charge in [-0.05, 0) is 88.4 Å². The lowest BCUT2D eigenvalue weighted by molar-refractivity contribution is -0.135. The van der Waals surface area contributed by atoms with Crippen LogP contribution in [0.15, 0.2) is 76.8 Å². The number of benzene rings is 3. The van der Waals surface area contributed by atoms with Crippen molar-refractivity contribution in [2.75, 3.05) is 0 Å². The molecule has 0 bridgehead atoms. The van der Waals surface area contributed by atoms with Gasteiger partial charge in [0.05, 0.1) is 6.42 Å². The topological polar surface area (TPSA) is 46.5 Å². The van der Waals surface area contributed by atoms with Crippen LogP contribution in [-0.2, 0) is 11.4 Å². The van der Waals surface area contributed by atoms with E-state index in [0.717, 1.165) is 43.4 Å². The third kappa shape index (κ3) is 4.78. The zero-order chi connectivity index (χ0) is 22.0. The van der Waals surface area contributed by atoms with Crippen molar-refractivity contribution >= 4 is 39.1 Å². The molecule has 3 aromatic rings. The van der Waals surface area contributed by atoms with Crippen LogP contribution in [0.5, 0.6) is 5.75 Å². The van der Waals surface area contributed by atoms with E-state index in [-0.39, 0.29) is 12.2 Å². The fourth-order valence-corrected chi connectivity index (χ4v) is 4.07. The van der Waals surface area contributed by atoms with Crippen LogP contribution in [0.4, 0.5) is 4.39 Å². The Balaban J connectivity index is 1.57. The van der Waals surface area contributed by atoms with E-state index in [1.807, 2.05) is 49.4 Å². The van der Waals surface area contributed by atoms with Crippen molar-refractivity contribution in [1.82, 2.24) is 0 Å². The molecule has 3 aromatic carbocycles. The van der Waals surface area contributed by atoms with Crippen LogP contribution in [0.1, 0.15) is 35.6 Å². The van der Waals surface area contributed by atoms with Gasteiger partial charge in [0.1, 0.15) is 18.2 Å². The molecule has 0 spiro atoms. The molecule has 0 amide bonds. The molecule has 0 radical (unpaired) electrons. The van der Waals surface area contributed by atoms with Gasteiger partial charge < -0.3 is 9.84 Å². The number of aliphatic carboxylic acids is 1. The highest BCUT2D eigenvalue weighted by Gasteiger charge is 2.25. The number of halogens is 2. The Morgan fingerprint density at radius 2 is 1.74 bits per heavy atom. The number of ether oxygens (including phenoxy) is 1. The molecule has 0 saturated heterocycles. The van der Waals surface area contributed by atoms with Crippen LogP contribution < -0.4 is 4.74 Å². The van der Waals surface area contributed by atoms with Crippen molar-refractivity contribution < 1.29 is 19.0 Å². The molecule has 0 aliphatic heterocycles. The fraction of sp³-hybridized carbons (Fsp3) is 0.115. The standard InChI is InChI=1S/C26H20BrFO3/c1-16-23(22-11-6-19(27)13-25(22)24(16)14-26(29)30)12-17-2-4-18(5-3-17)15-31-21-9-7-20(28)8-10-21/h2-13H,14-15H2,1H3,(H,29,30)/b23-12-. The minimum atomic E-state index is -0.841. The molecule has 4 rings (SSSR count). The highest BCUT2D eigenvalue weighted by Crippen LogP contribution is 2.44. The lowest BCUT2D eigenvalue weighted by Crippen LogP contribution is -1.96. The van der Waals surface area contributed by atoms with Crippen LogP contribution in [-0.4, -0.2) is 11.1 Å². The van der Waals surface area contributed by atoms with Gasteiger partial charge in [-0.2, -0.15) is 0 Å². The summed E-state index contributed by atoms with van der Waals surface area (Å²) >= 11 is 3.49. The van der Waals surface area contributed by atoms with Crippen molar-refractivity contribution in [3.63, 3.8) is 0 Å². The average Bonchev–Trinajstić information content (AvgIpc) is 2.99. The van der Waals surface area contributed by atoms with E-state index in [2.05, 4.69) is 22.0 Å². The van der Waals surface area contributed by atoms with E-state index in [4.69, 9.17) is 4.74 Å². The Morgan fingerprint density at radius 1 is 1.03 bits per heavy atom. The van der Waals surface area contributed by atoms with Gasteiger partial charge in [-0.15, -0.1) is 0 Å². The van der Waals surface area contributed by atoms with E-state index in [1.165, 1.54) is 12.1 Å². The number of rotatable bonds is 6. The second-order valence-electron chi connectivity index (χ2n) is 7.41. The molecule has 0 atom stereocenters. The molecule has 5 heteroatoms. The minimum Gasteiger partial charge on any atom is -0.489 e. The van der Waals surface area contributed by atoms with Crippen molar-refractivity contribution in [2.24, 2.45) is 0 Å². The number of carboxylic acid groups (broad SMARTS) is 1. The summed E-state index contributed by atoms with van der Waals surface area (Å²) in [6.45, 7) is 2.37. The third-order valence-corrected chi connectivity index (χ3v) is 5.78. The molecule has 1 aliphatic carbocycles. The summed E-state index contributed by atoms with van der Waals surface area (Å²) in [4.78, 5) is 11.4. The maximum absolute atomic E-state index is 13.0. The van der Waals surface area contributed by atoms with Gasteiger partial charge in [-0.25, -0.2) is 4.39 Å². The second-order valence-corrected chi connectivity index (χ2v) is 8.32. The molecule has 0 heterocycles. The Kier molecular flexibility index (Phi) is 6.05. The molecule has 1 N–H and O–H groups in total. The largest absolute Gasteiger partial charge is 0.489 e. The molecule has 0 fully saturated rings. The van der Waals surface area contributed by atoms with Crippen LogP contribution >= 0.6 is 15.9 Å². The highest BCUT2D eigenvalue weighted by molar-refractivity contribution is 9.10. The summed E-state index contributed by atoms with van der Waals surface area (Å²) in [6.07, 6.45) is 2.08. The lowest BCUT2D eigenvalue weighted by Gasteiger charge is -2.08. The molecule has 0 unspecified atom stereocenters. The zero-order valence-electron chi connectivity index (χ0n) is 16.9. The Hall–Kier alpha value is -3.18. The Morgan fingerprint density at radius 3 is 2.42 bits per heavy atom. The van der Waals surface area contributed by atoms with Gasteiger partial charge in [-0.3, -0.25) is 4.79 Å². The van der Waals surface area contributed by atoms with Crippen molar-refractivity contribution in [1.29, 1.82) is 0 Å². The van der Waals surface area contributed by atoms with E-state index >= 15 is 0 Å². The monoisotopic (exact) mass is 478 g/mol. The van der Waals surface area contributed by atoms with E-state index in [9.17, 15) is 14.3 Å². The summed E-state index contributed by atoms with van der Waals surface area (Å²) in [6, 6.07) is 19.9. The fourth-order valence-electron chi connectivity index (χ4n) is 3.71. The van der Waals surface area contributed by atoms with Gasteiger partial charge in [0.15, 0.2) is 0 Å². The maximum Gasteiger partial charge on any atom is 0.307 e. The number of fused-ring (bicyclic) bond motifs is 1. The SMILES string of the molecule is CC1=C(CC(=O)O)c2cc(Br)ccc2/C1=C\c1ccc(COc2ccc(F)cc2)cc1. The van der Waals surface area contributed by atoms with Crippen molar-refractivity contribution in [3.8, 4) is 5.75 Å². The molecule has 0 saturated carbocycles. The number of hydrogen-bond donors (Lipinski definition) is 1. The molecule has 31 heavy (non-hydrogen) atoms. The summed E-state index contributed by atoms with van der Waals surface area (Å²) < 4.78 is 19.6. The third-order valence-electron chi connectivity index (χ3n) is 5.29. The molecule has 156 valence electrons. The quantitative estimate of drug-likeness (QED) is 0.416. The summed E-state index contributed by atoms with van der Waals surface area (Å²) in [5, 5.41) is 9.34. The normalized spacial score (nSPS) is 14.1. The van der Waals surface area contributed by atoms with Gasteiger partial charge >= 0.3 is 5.97 Å². The van der Waals surface area contributed by atoms with Crippen LogP contribution in [0, 0.1) is 5.82 Å². The van der Waals surface area contributed by atoms with Gasteiger partial charge in [0.2, 0.25) is 0 Å². The molecular weight excluding hydrogens is 459 g/mol. The zero-order valence-corrected chi connectivity index (χ0v) is 18.4. The van der Waals surface area contributed by atoms with E-state index in [1.54, 1.807) is 12.1 Å². The Bertz CT molecular complexity index is 1190. The smallest absolute Gasteiger partial charge is 0.307 e. The van der Waals surface area contributed by atoms with Crippen LogP contribution in [0.3, 0.4) is 0 Å². The number of allylic oxidation sites excluding steroid dienone is 2. The molecule has 0 aromatic heterocycles. The number of carboxylic acids is 1. The van der Waals surface area contributed by atoms with Gasteiger partial charge in [-0.1, -0.05) is 46.3 Å². The second kappa shape index (κ2) is 8.90. The van der Waals surface area contributed by atoms with E-state index < -0.39 is 5.97 Å². The van der Waals surface area contributed by atoms with Gasteiger partial charge in [0.25, 0.3) is 0 Å². The first-order chi connectivity index (χ1) is 14.9. The predicted molar refractivity (Wildman–Crippen MR) is 124 cm³/mol. The minimum absolute atomic E-state index is 0.00765. The average molecular weight is 479 g/mol. The van der Waals surface area contributed by atoms with Crippen molar-refractivity contribution in [2.45, 2.75) is 20.0 Å². The molecule has 3 nitrogen and oxygen atoms in total. The maximum atomic E-state index is 13.0. The predicted octanol–water partition coefficient (Wildman–Crippen LogP) is 6.97. The molecule has 1 aliphatic rings. The summed E-state index contributed by atoms with van der Waals surface area (Å²) in [5.41, 5.74) is 6.89. The molecular formula is C26H20BrFO3. The summed E-state index contributed by atoms with van der Waals surface area (Å²) in [7, 11) is 0. The lowest BCUT2D eigenvalue weighted by atomic mass is 10.0. The van der Waals surface area contributed by atoms with E-state index in [0.29, 0.717) is 12.4 Å².